The van der Waals surface area contributed by atoms with Crippen molar-refractivity contribution >= 4 is 11.9 Å². The van der Waals surface area contributed by atoms with Gasteiger partial charge in [-0.25, -0.2) is 0 Å². The Morgan fingerprint density at radius 2 is 1.64 bits per heavy atom. The van der Waals surface area contributed by atoms with Gasteiger partial charge in [-0.1, -0.05) is 61.5 Å². The summed E-state index contributed by atoms with van der Waals surface area (Å²) in [5.74, 6) is -0.744. The molecule has 0 radical (unpaired) electrons. The number of carbonyl (C=O) groups is 2. The van der Waals surface area contributed by atoms with Gasteiger partial charge in [-0.05, 0) is 73.4 Å². The maximum absolute atomic E-state index is 13.7. The highest BCUT2D eigenvalue weighted by Crippen LogP contribution is 2.32. The number of para-hydroxylation sites is 1. The maximum atomic E-state index is 13.7. The summed E-state index contributed by atoms with van der Waals surface area (Å²) < 4.78 is 24.1. The van der Waals surface area contributed by atoms with Crippen LogP contribution in [0.4, 0.5) is 0 Å². The first-order valence-corrected chi connectivity index (χ1v) is 12.8. The number of carbonyl (C=O) groups excluding carboxylic acids is 1. The van der Waals surface area contributed by atoms with E-state index in [4.69, 9.17) is 12.6 Å². The summed E-state index contributed by atoms with van der Waals surface area (Å²) in [4.78, 5) is 25.8. The molecule has 0 unspecified atom stereocenters. The molecule has 3 aromatic carbocycles. The molecule has 1 fully saturated rings. The fourth-order valence-electron chi connectivity index (χ4n) is 4.23. The van der Waals surface area contributed by atoms with Crippen molar-refractivity contribution in [2.24, 2.45) is 0 Å². The number of carboxylic acid groups (broad SMARTS) is 1. The second-order valence-electron chi connectivity index (χ2n) is 9.16. The number of ether oxygens (including phenoxy) is 1. The van der Waals surface area contributed by atoms with Crippen LogP contribution in [0.5, 0.6) is 5.75 Å². The minimum atomic E-state index is -2.06. The molecule has 1 N–H and O–H groups in total. The first-order chi connectivity index (χ1) is 18.3. The summed E-state index contributed by atoms with van der Waals surface area (Å²) in [6.45, 7) is 0.407. The van der Waals surface area contributed by atoms with Gasteiger partial charge in [0.1, 0.15) is 5.75 Å². The van der Waals surface area contributed by atoms with E-state index in [0.29, 0.717) is 42.7 Å². The maximum Gasteiger partial charge on any atom is 0.303 e. The molecule has 0 saturated heterocycles. The van der Waals surface area contributed by atoms with Gasteiger partial charge in [0.2, 0.25) is 0 Å². The van der Waals surface area contributed by atoms with Gasteiger partial charge in [-0.2, -0.15) is 0 Å². The van der Waals surface area contributed by atoms with Crippen LogP contribution in [0.1, 0.15) is 69.7 Å². The van der Waals surface area contributed by atoms with Gasteiger partial charge < -0.3 is 14.7 Å². The predicted octanol–water partition coefficient (Wildman–Crippen LogP) is 6.74. The Balaban J connectivity index is 1.52. The number of unbranched alkanes of at least 4 members (excludes halogenated alkanes) is 2. The fourth-order valence-corrected chi connectivity index (χ4v) is 4.23. The van der Waals surface area contributed by atoms with Gasteiger partial charge >= 0.3 is 5.97 Å². The van der Waals surface area contributed by atoms with E-state index in [2.05, 4.69) is 19.1 Å². The molecule has 188 valence electrons. The Labute approximate surface area is 216 Å². The van der Waals surface area contributed by atoms with Crippen molar-refractivity contribution < 1.29 is 22.2 Å². The van der Waals surface area contributed by atoms with E-state index in [1.165, 1.54) is 10.5 Å². The molecule has 1 aliphatic carbocycles. The first kappa shape index (κ1) is 22.8. The van der Waals surface area contributed by atoms with Gasteiger partial charge in [0.25, 0.3) is 5.91 Å². The van der Waals surface area contributed by atoms with E-state index in [1.54, 1.807) is 36.4 Å². The molecule has 5 heteroatoms. The molecule has 0 spiro atoms. The quantitative estimate of drug-likeness (QED) is 0.271. The van der Waals surface area contributed by atoms with Crippen molar-refractivity contribution in [1.29, 1.82) is 0 Å². The van der Waals surface area contributed by atoms with Crippen LogP contribution in [0, 0.1) is 0 Å². The SMILES string of the molecule is [2H]C([2H])(c1ccccc1OCCCCCC(=O)O)N(C(=O)c1ccc(-c2ccccc2CC)cc1)C1CC1. The lowest BCUT2D eigenvalue weighted by Gasteiger charge is -2.24. The number of hydrogen-bond donors (Lipinski definition) is 1. The van der Waals surface area contributed by atoms with Crippen LogP contribution in [0.2, 0.25) is 0 Å². The fraction of sp³-hybridized carbons (Fsp3) is 0.355. The van der Waals surface area contributed by atoms with Gasteiger partial charge in [0.05, 0.1) is 9.35 Å². The topological polar surface area (TPSA) is 66.8 Å². The van der Waals surface area contributed by atoms with Crippen LogP contribution < -0.4 is 4.74 Å². The van der Waals surface area contributed by atoms with Gasteiger partial charge in [-0.3, -0.25) is 9.59 Å². The third-order valence-corrected chi connectivity index (χ3v) is 6.39. The number of nitrogens with zero attached hydrogens (tertiary/aromatic N) is 1. The number of aryl methyl sites for hydroxylation is 1. The summed E-state index contributed by atoms with van der Waals surface area (Å²) in [6.07, 6.45) is 4.53. The van der Waals surface area contributed by atoms with Gasteiger partial charge in [0.15, 0.2) is 0 Å². The normalized spacial score (nSPS) is 14.0. The molecule has 3 aromatic rings. The van der Waals surface area contributed by atoms with Gasteiger partial charge in [0, 0.05) is 30.1 Å². The third-order valence-electron chi connectivity index (χ3n) is 6.39. The molecule has 0 heterocycles. The third kappa shape index (κ3) is 6.75. The van der Waals surface area contributed by atoms with E-state index in [9.17, 15) is 9.59 Å². The summed E-state index contributed by atoms with van der Waals surface area (Å²) >= 11 is 0. The molecule has 4 rings (SSSR count). The summed E-state index contributed by atoms with van der Waals surface area (Å²) in [5.41, 5.74) is 4.18. The zero-order valence-electron chi connectivity index (χ0n) is 22.8. The van der Waals surface area contributed by atoms with Crippen LogP contribution in [0.3, 0.4) is 0 Å². The first-order valence-electron chi connectivity index (χ1n) is 13.8. The Hall–Kier alpha value is -3.60. The van der Waals surface area contributed by atoms with Crippen molar-refractivity contribution in [1.82, 2.24) is 4.90 Å². The van der Waals surface area contributed by atoms with Crippen molar-refractivity contribution in [2.45, 2.75) is 64.4 Å². The molecule has 1 saturated carbocycles. The second-order valence-corrected chi connectivity index (χ2v) is 9.16. The van der Waals surface area contributed by atoms with Crippen molar-refractivity contribution in [3.63, 3.8) is 0 Å². The van der Waals surface area contributed by atoms with E-state index >= 15 is 0 Å². The lowest BCUT2D eigenvalue weighted by atomic mass is 9.97. The Morgan fingerprint density at radius 1 is 0.944 bits per heavy atom. The number of rotatable bonds is 13. The van der Waals surface area contributed by atoms with Gasteiger partial charge in [-0.15, -0.1) is 0 Å². The Bertz CT molecular complexity index is 1250. The minimum Gasteiger partial charge on any atom is -0.493 e. The highest BCUT2D eigenvalue weighted by molar-refractivity contribution is 5.95. The smallest absolute Gasteiger partial charge is 0.303 e. The molecular formula is C31H35NO4. The number of benzene rings is 3. The van der Waals surface area contributed by atoms with Crippen LogP contribution in [0.25, 0.3) is 11.1 Å². The highest BCUT2D eigenvalue weighted by Gasteiger charge is 2.33. The van der Waals surface area contributed by atoms with E-state index in [-0.39, 0.29) is 18.4 Å². The highest BCUT2D eigenvalue weighted by atomic mass is 16.5. The van der Waals surface area contributed by atoms with Crippen LogP contribution >= 0.6 is 0 Å². The van der Waals surface area contributed by atoms with E-state index < -0.39 is 12.5 Å². The van der Waals surface area contributed by atoms with Crippen LogP contribution in [-0.2, 0) is 17.7 Å². The average molecular weight is 488 g/mol. The zero-order valence-corrected chi connectivity index (χ0v) is 20.8. The van der Waals surface area contributed by atoms with Crippen molar-refractivity contribution in [3.05, 3.63) is 89.5 Å². The molecule has 0 atom stereocenters. The summed E-state index contributed by atoms with van der Waals surface area (Å²) in [6, 6.07) is 22.4. The summed E-state index contributed by atoms with van der Waals surface area (Å²) in [5, 5.41) is 8.78. The van der Waals surface area contributed by atoms with E-state index in [0.717, 1.165) is 30.4 Å². The molecule has 0 aliphatic heterocycles. The lowest BCUT2D eigenvalue weighted by molar-refractivity contribution is -0.137. The Morgan fingerprint density at radius 3 is 2.33 bits per heavy atom. The van der Waals surface area contributed by atoms with Crippen molar-refractivity contribution in [3.8, 4) is 16.9 Å². The summed E-state index contributed by atoms with van der Waals surface area (Å²) in [7, 11) is 0. The number of carboxylic acids is 1. The molecular weight excluding hydrogens is 450 g/mol. The number of aliphatic carboxylic acids is 1. The molecule has 36 heavy (non-hydrogen) atoms. The van der Waals surface area contributed by atoms with Crippen LogP contribution in [-0.4, -0.2) is 34.5 Å². The van der Waals surface area contributed by atoms with E-state index in [1.807, 2.05) is 24.3 Å². The standard InChI is InChI=1S/C31H35NO4/c1-2-23-10-5-7-12-28(23)24-15-17-25(18-16-24)31(35)32(27-19-20-27)22-26-11-6-8-13-29(26)36-21-9-3-4-14-30(33)34/h5-8,10-13,15-18,27H,2-4,9,14,19-22H2,1H3,(H,33,34)/i22D2. The molecule has 0 aromatic heterocycles. The average Bonchev–Trinajstić information content (AvgIpc) is 3.75. The Kier molecular flexibility index (Phi) is 7.86. The monoisotopic (exact) mass is 487 g/mol. The lowest BCUT2D eigenvalue weighted by Crippen LogP contribution is -2.32. The molecule has 1 aliphatic rings. The second kappa shape index (κ2) is 12.4. The zero-order chi connectivity index (χ0) is 27.1. The van der Waals surface area contributed by atoms with Crippen LogP contribution in [0.15, 0.2) is 72.8 Å². The number of hydrogen-bond acceptors (Lipinski definition) is 3. The largest absolute Gasteiger partial charge is 0.493 e. The molecule has 0 bridgehead atoms. The number of amides is 1. The molecule has 1 amide bonds. The molecule has 5 nitrogen and oxygen atoms in total. The minimum absolute atomic E-state index is 0.129. The van der Waals surface area contributed by atoms with Crippen molar-refractivity contribution in [2.75, 3.05) is 6.61 Å². The predicted molar refractivity (Wildman–Crippen MR) is 142 cm³/mol.